The third-order valence-corrected chi connectivity index (χ3v) is 2.43. The van der Waals surface area contributed by atoms with Gasteiger partial charge >= 0.3 is 0 Å². The molecule has 0 amide bonds. The molecule has 0 radical (unpaired) electrons. The SMILES string of the molecule is B[C@H]1C=CC(COC)C(OC)C1. The second kappa shape index (κ2) is 4.68. The van der Waals surface area contributed by atoms with E-state index in [9.17, 15) is 0 Å². The van der Waals surface area contributed by atoms with Gasteiger partial charge in [-0.25, -0.2) is 0 Å². The Balaban J connectivity index is 2.52. The fraction of sp³-hybridized carbons (Fsp3) is 0.778. The molecule has 68 valence electrons. The van der Waals surface area contributed by atoms with Gasteiger partial charge in [0.05, 0.1) is 12.7 Å². The van der Waals surface area contributed by atoms with Gasteiger partial charge in [-0.3, -0.25) is 0 Å². The van der Waals surface area contributed by atoms with Gasteiger partial charge in [-0.05, 0) is 12.2 Å². The molecule has 0 aliphatic heterocycles. The molecule has 3 atom stereocenters. The van der Waals surface area contributed by atoms with Gasteiger partial charge in [0.25, 0.3) is 0 Å². The van der Waals surface area contributed by atoms with Crippen molar-refractivity contribution in [2.45, 2.75) is 18.3 Å². The van der Waals surface area contributed by atoms with Crippen LogP contribution in [0, 0.1) is 5.92 Å². The smallest absolute Gasteiger partial charge is 0.110 e. The highest BCUT2D eigenvalue weighted by atomic mass is 16.5. The van der Waals surface area contributed by atoms with E-state index in [0.29, 0.717) is 17.8 Å². The van der Waals surface area contributed by atoms with E-state index in [1.165, 1.54) is 0 Å². The quantitative estimate of drug-likeness (QED) is 0.455. The molecule has 0 saturated carbocycles. The molecule has 2 nitrogen and oxygen atoms in total. The summed E-state index contributed by atoms with van der Waals surface area (Å²) in [7, 11) is 5.73. The van der Waals surface area contributed by atoms with Crippen LogP contribution >= 0.6 is 0 Å². The maximum atomic E-state index is 5.40. The van der Waals surface area contributed by atoms with Crippen molar-refractivity contribution < 1.29 is 9.47 Å². The van der Waals surface area contributed by atoms with Gasteiger partial charge in [-0.1, -0.05) is 12.2 Å². The molecule has 0 heterocycles. The Morgan fingerprint density at radius 1 is 1.42 bits per heavy atom. The summed E-state index contributed by atoms with van der Waals surface area (Å²) >= 11 is 0. The lowest BCUT2D eigenvalue weighted by molar-refractivity contribution is 0.0253. The van der Waals surface area contributed by atoms with Crippen LogP contribution in [-0.4, -0.2) is 34.8 Å². The first kappa shape index (κ1) is 9.81. The van der Waals surface area contributed by atoms with E-state index in [1.54, 1.807) is 14.2 Å². The van der Waals surface area contributed by atoms with Gasteiger partial charge in [0.2, 0.25) is 0 Å². The first-order valence-corrected chi connectivity index (χ1v) is 4.48. The average molecular weight is 168 g/mol. The zero-order chi connectivity index (χ0) is 8.97. The van der Waals surface area contributed by atoms with Crippen molar-refractivity contribution >= 4 is 7.85 Å². The number of methoxy groups -OCH3 is 2. The van der Waals surface area contributed by atoms with Crippen LogP contribution in [0.25, 0.3) is 0 Å². The summed E-state index contributed by atoms with van der Waals surface area (Å²) in [6, 6.07) is 0. The number of hydrogen-bond donors (Lipinski definition) is 0. The first-order valence-electron chi connectivity index (χ1n) is 4.48. The fourth-order valence-electron chi connectivity index (χ4n) is 1.70. The zero-order valence-corrected chi connectivity index (χ0v) is 8.12. The van der Waals surface area contributed by atoms with E-state index in [-0.39, 0.29) is 0 Å². The Morgan fingerprint density at radius 2 is 2.17 bits per heavy atom. The number of hydrogen-bond acceptors (Lipinski definition) is 2. The van der Waals surface area contributed by atoms with Gasteiger partial charge < -0.3 is 9.47 Å². The van der Waals surface area contributed by atoms with Gasteiger partial charge in [-0.2, -0.15) is 0 Å². The van der Waals surface area contributed by atoms with Crippen LogP contribution in [0.4, 0.5) is 0 Å². The molecule has 0 fully saturated rings. The Labute approximate surface area is 75.3 Å². The minimum Gasteiger partial charge on any atom is -0.384 e. The second-order valence-electron chi connectivity index (χ2n) is 3.49. The first-order chi connectivity index (χ1) is 5.77. The van der Waals surface area contributed by atoms with Crippen molar-refractivity contribution in [3.8, 4) is 0 Å². The molecule has 0 spiro atoms. The normalized spacial score (nSPS) is 35.3. The molecule has 0 aromatic carbocycles. The molecule has 1 aliphatic carbocycles. The van der Waals surface area contributed by atoms with Crippen molar-refractivity contribution in [1.29, 1.82) is 0 Å². The minimum absolute atomic E-state index is 0.338. The third kappa shape index (κ3) is 2.36. The summed E-state index contributed by atoms with van der Waals surface area (Å²) in [5.41, 5.74) is 0. The highest BCUT2D eigenvalue weighted by Gasteiger charge is 2.23. The van der Waals surface area contributed by atoms with Crippen LogP contribution in [0.3, 0.4) is 0 Å². The molecular weight excluding hydrogens is 151 g/mol. The molecule has 0 bridgehead atoms. The maximum Gasteiger partial charge on any atom is 0.110 e. The predicted octanol–water partition coefficient (Wildman–Crippen LogP) is 0.645. The van der Waals surface area contributed by atoms with Crippen molar-refractivity contribution in [2.75, 3.05) is 20.8 Å². The minimum atomic E-state index is 0.338. The number of allylic oxidation sites excluding steroid dienone is 1. The lowest BCUT2D eigenvalue weighted by atomic mass is 9.75. The van der Waals surface area contributed by atoms with E-state index in [1.807, 2.05) is 0 Å². The summed E-state index contributed by atoms with van der Waals surface area (Å²) in [5, 5.41) is 0. The molecule has 0 aromatic heterocycles. The average Bonchev–Trinajstić information content (AvgIpc) is 2.08. The molecule has 1 rings (SSSR count). The van der Waals surface area contributed by atoms with Gasteiger partial charge in [0, 0.05) is 20.1 Å². The molecule has 1 aliphatic rings. The Morgan fingerprint density at radius 3 is 2.75 bits per heavy atom. The Kier molecular flexibility index (Phi) is 3.82. The summed E-state index contributed by atoms with van der Waals surface area (Å²) in [4.78, 5) is 0. The topological polar surface area (TPSA) is 18.5 Å². The van der Waals surface area contributed by atoms with E-state index in [2.05, 4.69) is 20.0 Å². The zero-order valence-electron chi connectivity index (χ0n) is 8.12. The standard InChI is InChI=1S/C9H17BO2/c1-11-6-7-3-4-8(10)5-9(7)12-2/h3-4,7-9H,5-6,10H2,1-2H3/t7?,8-,9?/m0/s1. The Hall–Kier alpha value is -0.275. The number of rotatable bonds is 3. The summed E-state index contributed by atoms with van der Waals surface area (Å²) < 4.78 is 10.5. The van der Waals surface area contributed by atoms with Crippen molar-refractivity contribution in [1.82, 2.24) is 0 Å². The van der Waals surface area contributed by atoms with Crippen LogP contribution in [-0.2, 0) is 9.47 Å². The highest BCUT2D eigenvalue weighted by molar-refractivity contribution is 6.13. The third-order valence-electron chi connectivity index (χ3n) is 2.43. The van der Waals surface area contributed by atoms with Crippen LogP contribution in [0.5, 0.6) is 0 Å². The summed E-state index contributed by atoms with van der Waals surface area (Å²) in [6.45, 7) is 0.766. The lowest BCUT2D eigenvalue weighted by Gasteiger charge is -2.28. The van der Waals surface area contributed by atoms with Crippen molar-refractivity contribution in [3.63, 3.8) is 0 Å². The fourth-order valence-corrected chi connectivity index (χ4v) is 1.70. The van der Waals surface area contributed by atoms with Crippen molar-refractivity contribution in [2.24, 2.45) is 5.92 Å². The monoisotopic (exact) mass is 168 g/mol. The molecule has 0 N–H and O–H groups in total. The molecule has 12 heavy (non-hydrogen) atoms. The van der Waals surface area contributed by atoms with E-state index < -0.39 is 0 Å². The van der Waals surface area contributed by atoms with Crippen molar-refractivity contribution in [3.05, 3.63) is 12.2 Å². The molecule has 3 heteroatoms. The van der Waals surface area contributed by atoms with E-state index in [0.717, 1.165) is 13.0 Å². The predicted molar refractivity (Wildman–Crippen MR) is 52.2 cm³/mol. The molecular formula is C9H17BO2. The van der Waals surface area contributed by atoms with Crippen LogP contribution in [0.1, 0.15) is 6.42 Å². The lowest BCUT2D eigenvalue weighted by Crippen LogP contribution is -2.29. The van der Waals surface area contributed by atoms with E-state index in [4.69, 9.17) is 9.47 Å². The van der Waals surface area contributed by atoms with Gasteiger partial charge in [-0.15, -0.1) is 0 Å². The molecule has 2 unspecified atom stereocenters. The largest absolute Gasteiger partial charge is 0.384 e. The Bertz CT molecular complexity index is 159. The molecule has 0 saturated heterocycles. The van der Waals surface area contributed by atoms with Crippen LogP contribution in [0.2, 0.25) is 5.82 Å². The summed E-state index contributed by atoms with van der Waals surface area (Å²) in [6.07, 6.45) is 5.91. The van der Waals surface area contributed by atoms with E-state index >= 15 is 0 Å². The number of ether oxygens (including phenoxy) is 2. The van der Waals surface area contributed by atoms with Crippen LogP contribution in [0.15, 0.2) is 12.2 Å². The molecule has 0 aromatic rings. The van der Waals surface area contributed by atoms with Gasteiger partial charge in [0.1, 0.15) is 7.85 Å². The second-order valence-corrected chi connectivity index (χ2v) is 3.49. The maximum absolute atomic E-state index is 5.40. The van der Waals surface area contributed by atoms with Crippen LogP contribution < -0.4 is 0 Å². The summed E-state index contributed by atoms with van der Waals surface area (Å²) in [5.74, 6) is 1.08. The highest BCUT2D eigenvalue weighted by Crippen LogP contribution is 2.26. The van der Waals surface area contributed by atoms with Gasteiger partial charge in [0.15, 0.2) is 0 Å².